The summed E-state index contributed by atoms with van der Waals surface area (Å²) in [6.45, 7) is -0.370. The van der Waals surface area contributed by atoms with Crippen LogP contribution >= 0.6 is 0 Å². The van der Waals surface area contributed by atoms with Gasteiger partial charge in [0, 0.05) is 49.4 Å². The number of aliphatic imine (C=N–C) groups is 1. The summed E-state index contributed by atoms with van der Waals surface area (Å²) >= 11 is 0. The van der Waals surface area contributed by atoms with E-state index in [1.54, 1.807) is 19.3 Å². The maximum absolute atomic E-state index is 13.1. The summed E-state index contributed by atoms with van der Waals surface area (Å²) in [6.07, 6.45) is -1.87. The molecule has 1 aromatic carbocycles. The Bertz CT molecular complexity index is 1120. The van der Waals surface area contributed by atoms with E-state index in [1.807, 2.05) is 0 Å². The van der Waals surface area contributed by atoms with E-state index in [0.717, 1.165) is 6.20 Å². The van der Waals surface area contributed by atoms with Gasteiger partial charge >= 0.3 is 6.18 Å². The Morgan fingerprint density at radius 1 is 1.29 bits per heavy atom. The van der Waals surface area contributed by atoms with Crippen molar-refractivity contribution in [2.75, 3.05) is 18.1 Å². The standard InChI is InChI=1S/C20H19F3N6O2/c1-25-17(19(30)27-16-7-9-29(2)28-16)14-10-13(5-6-15(14)24)31-11-12-4-3-8-26-18(12)20(21,22)23/h3-10H,11,24H2,1-2H3,(H,27,28,30). The number of alkyl halides is 3. The molecule has 0 bridgehead atoms. The van der Waals surface area contributed by atoms with E-state index in [4.69, 9.17) is 10.5 Å². The third-order valence-electron chi connectivity index (χ3n) is 4.23. The quantitative estimate of drug-likeness (QED) is 0.460. The molecule has 0 radical (unpaired) electrons. The van der Waals surface area contributed by atoms with Gasteiger partial charge in [0.05, 0.1) is 0 Å². The Kier molecular flexibility index (Phi) is 6.23. The minimum absolute atomic E-state index is 0.0194. The fourth-order valence-electron chi connectivity index (χ4n) is 2.80. The zero-order chi connectivity index (χ0) is 22.6. The number of carbonyl (C=O) groups excluding carboxylic acids is 1. The first-order valence-corrected chi connectivity index (χ1v) is 9.00. The van der Waals surface area contributed by atoms with Gasteiger partial charge in [-0.15, -0.1) is 0 Å². The van der Waals surface area contributed by atoms with Crippen LogP contribution in [0.3, 0.4) is 0 Å². The average Bonchev–Trinajstić information content (AvgIpc) is 3.13. The van der Waals surface area contributed by atoms with Gasteiger partial charge in [-0.1, -0.05) is 6.07 Å². The second-order valence-corrected chi connectivity index (χ2v) is 6.45. The second kappa shape index (κ2) is 8.86. The number of benzene rings is 1. The third-order valence-corrected chi connectivity index (χ3v) is 4.23. The number of amides is 1. The Hall–Kier alpha value is -3.89. The first-order valence-electron chi connectivity index (χ1n) is 9.00. The van der Waals surface area contributed by atoms with Crippen molar-refractivity contribution in [2.24, 2.45) is 12.0 Å². The van der Waals surface area contributed by atoms with Gasteiger partial charge in [0.15, 0.2) is 11.5 Å². The smallest absolute Gasteiger partial charge is 0.433 e. The minimum Gasteiger partial charge on any atom is -0.489 e. The largest absolute Gasteiger partial charge is 0.489 e. The van der Waals surface area contributed by atoms with Crippen molar-refractivity contribution >= 4 is 23.1 Å². The Balaban J connectivity index is 1.81. The lowest BCUT2D eigenvalue weighted by molar-refractivity contribution is -0.142. The van der Waals surface area contributed by atoms with Gasteiger partial charge < -0.3 is 15.8 Å². The molecule has 3 N–H and O–H groups in total. The first-order chi connectivity index (χ1) is 14.7. The molecule has 2 heterocycles. The van der Waals surface area contributed by atoms with Gasteiger partial charge in [-0.3, -0.25) is 19.5 Å². The molecule has 31 heavy (non-hydrogen) atoms. The molecule has 0 fully saturated rings. The van der Waals surface area contributed by atoms with Crippen LogP contribution in [0.4, 0.5) is 24.7 Å². The van der Waals surface area contributed by atoms with Gasteiger partial charge in [-0.2, -0.15) is 18.3 Å². The number of pyridine rings is 1. The summed E-state index contributed by atoms with van der Waals surface area (Å²) in [6, 6.07) is 8.71. The highest BCUT2D eigenvalue weighted by molar-refractivity contribution is 6.49. The predicted octanol–water partition coefficient (Wildman–Crippen LogP) is 3.05. The molecule has 11 heteroatoms. The van der Waals surface area contributed by atoms with Crippen molar-refractivity contribution in [2.45, 2.75) is 12.8 Å². The van der Waals surface area contributed by atoms with Crippen LogP contribution in [0.25, 0.3) is 0 Å². The summed E-state index contributed by atoms with van der Waals surface area (Å²) in [4.78, 5) is 20.0. The normalized spacial score (nSPS) is 12.0. The Morgan fingerprint density at radius 3 is 2.71 bits per heavy atom. The van der Waals surface area contributed by atoms with Crippen molar-refractivity contribution in [3.63, 3.8) is 0 Å². The molecule has 3 aromatic rings. The van der Waals surface area contributed by atoms with E-state index in [9.17, 15) is 18.0 Å². The number of carbonyl (C=O) groups is 1. The minimum atomic E-state index is -4.60. The lowest BCUT2D eigenvalue weighted by Crippen LogP contribution is -2.25. The van der Waals surface area contributed by atoms with Crippen LogP contribution in [0.1, 0.15) is 16.8 Å². The molecule has 162 valence electrons. The van der Waals surface area contributed by atoms with Gasteiger partial charge in [0.25, 0.3) is 5.91 Å². The van der Waals surface area contributed by atoms with E-state index in [0.29, 0.717) is 5.82 Å². The van der Waals surface area contributed by atoms with Crippen LogP contribution in [-0.2, 0) is 24.6 Å². The number of halogens is 3. The average molecular weight is 432 g/mol. The number of aryl methyl sites for hydroxylation is 1. The zero-order valence-corrected chi connectivity index (χ0v) is 16.6. The monoisotopic (exact) mass is 432 g/mol. The van der Waals surface area contributed by atoms with Crippen LogP contribution in [0.5, 0.6) is 5.75 Å². The number of nitrogens with two attached hydrogens (primary N) is 1. The van der Waals surface area contributed by atoms with Gasteiger partial charge in [0.1, 0.15) is 18.1 Å². The van der Waals surface area contributed by atoms with Gasteiger partial charge in [-0.05, 0) is 24.3 Å². The van der Waals surface area contributed by atoms with Gasteiger partial charge in [0.2, 0.25) is 0 Å². The summed E-state index contributed by atoms with van der Waals surface area (Å²) < 4.78 is 46.4. The van der Waals surface area contributed by atoms with E-state index in [-0.39, 0.29) is 34.9 Å². The predicted molar refractivity (Wildman–Crippen MR) is 109 cm³/mol. The number of nitrogens with zero attached hydrogens (tertiary/aromatic N) is 4. The molecular formula is C20H19F3N6O2. The summed E-state index contributed by atoms with van der Waals surface area (Å²) in [5.74, 6) is 0.000476. The summed E-state index contributed by atoms with van der Waals surface area (Å²) in [5.41, 5.74) is 5.40. The second-order valence-electron chi connectivity index (χ2n) is 6.45. The maximum Gasteiger partial charge on any atom is 0.433 e. The lowest BCUT2D eigenvalue weighted by Gasteiger charge is -2.14. The fraction of sp³-hybridized carbons (Fsp3) is 0.200. The number of hydrogen-bond donors (Lipinski definition) is 2. The topological polar surface area (TPSA) is 107 Å². The van der Waals surface area contributed by atoms with Crippen LogP contribution in [-0.4, -0.2) is 33.4 Å². The van der Waals surface area contributed by atoms with Crippen molar-refractivity contribution in [3.8, 4) is 5.75 Å². The molecule has 0 aliphatic carbocycles. The fourth-order valence-corrected chi connectivity index (χ4v) is 2.80. The molecule has 0 aliphatic heterocycles. The van der Waals surface area contributed by atoms with Crippen LogP contribution in [0, 0.1) is 0 Å². The molecule has 2 aromatic heterocycles. The molecule has 0 unspecified atom stereocenters. The Morgan fingerprint density at radius 2 is 2.06 bits per heavy atom. The van der Waals surface area contributed by atoms with Crippen molar-refractivity contribution in [1.82, 2.24) is 14.8 Å². The number of hydrogen-bond acceptors (Lipinski definition) is 6. The summed E-state index contributed by atoms with van der Waals surface area (Å²) in [5, 5.41) is 6.68. The number of anilines is 2. The maximum atomic E-state index is 13.1. The lowest BCUT2D eigenvalue weighted by atomic mass is 10.1. The highest BCUT2D eigenvalue weighted by atomic mass is 19.4. The highest BCUT2D eigenvalue weighted by Gasteiger charge is 2.35. The van der Waals surface area contributed by atoms with E-state index >= 15 is 0 Å². The molecule has 3 rings (SSSR count). The number of ether oxygens (including phenoxy) is 1. The molecule has 0 saturated carbocycles. The molecule has 0 saturated heterocycles. The Labute approximate surface area is 175 Å². The molecule has 8 nitrogen and oxygen atoms in total. The van der Waals surface area contributed by atoms with E-state index in [1.165, 1.54) is 42.1 Å². The number of aromatic nitrogens is 3. The zero-order valence-electron chi connectivity index (χ0n) is 16.6. The molecule has 1 amide bonds. The van der Waals surface area contributed by atoms with Crippen LogP contribution in [0.15, 0.2) is 53.8 Å². The molecule has 0 atom stereocenters. The first kappa shape index (κ1) is 21.8. The molecular weight excluding hydrogens is 413 g/mol. The van der Waals surface area contributed by atoms with Gasteiger partial charge in [-0.25, -0.2) is 0 Å². The SMILES string of the molecule is CN=C(C(=O)Nc1ccn(C)n1)c1cc(OCc2cccnc2C(F)(F)F)ccc1N. The molecule has 0 aliphatic rings. The van der Waals surface area contributed by atoms with E-state index < -0.39 is 17.8 Å². The van der Waals surface area contributed by atoms with Crippen LogP contribution in [0.2, 0.25) is 0 Å². The number of nitrogens with one attached hydrogen (secondary N) is 1. The highest BCUT2D eigenvalue weighted by Crippen LogP contribution is 2.31. The van der Waals surface area contributed by atoms with Crippen molar-refractivity contribution in [3.05, 3.63) is 65.6 Å². The number of nitrogen functional groups attached to an aromatic ring is 1. The summed E-state index contributed by atoms with van der Waals surface area (Å²) in [7, 11) is 3.13. The third kappa shape index (κ3) is 5.18. The van der Waals surface area contributed by atoms with Crippen molar-refractivity contribution in [1.29, 1.82) is 0 Å². The molecule has 0 spiro atoms. The van der Waals surface area contributed by atoms with Crippen molar-refractivity contribution < 1.29 is 22.7 Å². The van der Waals surface area contributed by atoms with E-state index in [2.05, 4.69) is 20.4 Å². The number of rotatable bonds is 6. The van der Waals surface area contributed by atoms with Crippen LogP contribution < -0.4 is 15.8 Å².